The molecule has 0 atom stereocenters. The molecule has 2 rings (SSSR count). The van der Waals surface area contributed by atoms with Gasteiger partial charge in [0.05, 0.1) is 0 Å². The molecule has 0 unspecified atom stereocenters. The molecule has 0 saturated carbocycles. The maximum absolute atomic E-state index is 2.33. The Morgan fingerprint density at radius 3 is 0.889 bits per heavy atom. The van der Waals surface area contributed by atoms with Gasteiger partial charge in [0, 0.05) is 0 Å². The molecule has 0 aliphatic carbocycles. The van der Waals surface area contributed by atoms with Crippen LogP contribution in [0.2, 0.25) is 0 Å². The number of hydrogen-bond acceptors (Lipinski definition) is 0. The van der Waals surface area contributed by atoms with Crippen LogP contribution in [0.15, 0.2) is 36.4 Å². The van der Waals surface area contributed by atoms with E-state index < -0.39 is 0 Å². The fourth-order valence-electron chi connectivity index (χ4n) is 2.75. The zero-order valence-corrected chi connectivity index (χ0v) is 21.6. The quantitative estimate of drug-likeness (QED) is 0.326. The van der Waals surface area contributed by atoms with Crippen LogP contribution in [0.1, 0.15) is 105 Å². The summed E-state index contributed by atoms with van der Waals surface area (Å²) in [6, 6.07) is 13.7. The van der Waals surface area contributed by atoms with Crippen molar-refractivity contribution in [1.82, 2.24) is 0 Å². The topological polar surface area (TPSA) is 0 Å². The molecule has 0 aliphatic rings. The van der Waals surface area contributed by atoms with Crippen LogP contribution in [-0.4, -0.2) is 23.1 Å². The Hall–Kier alpha value is -0.534. The molecular formula is C26H42Mg. The van der Waals surface area contributed by atoms with Crippen molar-refractivity contribution in [3.05, 3.63) is 58.7 Å². The first kappa shape index (κ1) is 26.5. The monoisotopic (exact) mass is 378 g/mol. The van der Waals surface area contributed by atoms with Gasteiger partial charge in [-0.05, 0) is 0 Å². The third-order valence-corrected chi connectivity index (χ3v) is 4.97. The molecule has 0 N–H and O–H groups in total. The fraction of sp³-hybridized carbons (Fsp3) is 0.615. The molecule has 0 nitrogen and oxygen atoms in total. The van der Waals surface area contributed by atoms with E-state index in [2.05, 4.69) is 119 Å². The van der Waals surface area contributed by atoms with Gasteiger partial charge >= 0.3 is 23.1 Å². The smallest absolute Gasteiger partial charge is 0.210 e. The molecule has 0 spiro atoms. The third-order valence-electron chi connectivity index (χ3n) is 4.97. The van der Waals surface area contributed by atoms with Crippen molar-refractivity contribution >= 4 is 23.1 Å². The zero-order valence-electron chi connectivity index (χ0n) is 20.2. The van der Waals surface area contributed by atoms with Crippen LogP contribution in [0.4, 0.5) is 0 Å². The molecule has 0 bridgehead atoms. The predicted molar refractivity (Wildman–Crippen MR) is 125 cm³/mol. The van der Waals surface area contributed by atoms with Gasteiger partial charge < -0.3 is 0 Å². The second-order valence-electron chi connectivity index (χ2n) is 11.8. The molecule has 0 heterocycles. The summed E-state index contributed by atoms with van der Waals surface area (Å²) in [5, 5.41) is 0. The SMILES string of the molecule is CC(C)(C)c1cc[c-](C(C)(C)C)c1.CC(C)(C)c1cc[c-](C(C)(C)C)c1.[Mg+2]. The number of rotatable bonds is 0. The van der Waals surface area contributed by atoms with Crippen molar-refractivity contribution in [3.63, 3.8) is 0 Å². The molecule has 0 aromatic heterocycles. The Labute approximate surface area is 186 Å². The normalized spacial score (nSPS) is 12.9. The Morgan fingerprint density at radius 1 is 0.519 bits per heavy atom. The Bertz CT molecular complexity index is 563. The van der Waals surface area contributed by atoms with E-state index in [1.807, 2.05) is 0 Å². The zero-order chi connectivity index (χ0) is 20.6. The van der Waals surface area contributed by atoms with Crippen molar-refractivity contribution in [2.75, 3.05) is 0 Å². The van der Waals surface area contributed by atoms with E-state index in [-0.39, 0.29) is 44.7 Å². The van der Waals surface area contributed by atoms with Crippen LogP contribution in [0.25, 0.3) is 0 Å². The molecule has 0 aliphatic heterocycles. The molecule has 2 aromatic carbocycles. The van der Waals surface area contributed by atoms with E-state index in [0.29, 0.717) is 0 Å². The Morgan fingerprint density at radius 2 is 0.778 bits per heavy atom. The maximum Gasteiger partial charge on any atom is 2.00 e. The fourth-order valence-corrected chi connectivity index (χ4v) is 2.75. The Balaban J connectivity index is 0.000000483. The summed E-state index contributed by atoms with van der Waals surface area (Å²) >= 11 is 0. The summed E-state index contributed by atoms with van der Waals surface area (Å²) in [7, 11) is 0. The van der Waals surface area contributed by atoms with E-state index in [1.54, 1.807) is 0 Å². The predicted octanol–water partition coefficient (Wildman–Crippen LogP) is 7.62. The van der Waals surface area contributed by atoms with E-state index in [9.17, 15) is 0 Å². The molecule has 0 amide bonds. The van der Waals surface area contributed by atoms with Gasteiger partial charge in [-0.3, -0.25) is 0 Å². The van der Waals surface area contributed by atoms with Crippen LogP contribution < -0.4 is 0 Å². The third kappa shape index (κ3) is 8.16. The van der Waals surface area contributed by atoms with Crippen LogP contribution >= 0.6 is 0 Å². The van der Waals surface area contributed by atoms with E-state index in [4.69, 9.17) is 0 Å². The van der Waals surface area contributed by atoms with Gasteiger partial charge in [-0.25, -0.2) is 12.1 Å². The van der Waals surface area contributed by atoms with Crippen LogP contribution in [-0.2, 0) is 21.7 Å². The first-order valence-electron chi connectivity index (χ1n) is 9.98. The average molecular weight is 379 g/mol. The summed E-state index contributed by atoms with van der Waals surface area (Å²) in [5.41, 5.74) is 6.89. The second-order valence-corrected chi connectivity index (χ2v) is 11.8. The summed E-state index contributed by atoms with van der Waals surface area (Å²) in [6.45, 7) is 27.1. The van der Waals surface area contributed by atoms with Gasteiger partial charge in [0.25, 0.3) is 0 Å². The van der Waals surface area contributed by atoms with Gasteiger partial charge in [-0.1, -0.05) is 105 Å². The molecule has 2 aromatic rings. The average Bonchev–Trinajstić information content (AvgIpc) is 3.06. The van der Waals surface area contributed by atoms with Crippen LogP contribution in [0.5, 0.6) is 0 Å². The van der Waals surface area contributed by atoms with Gasteiger partial charge in [-0.15, -0.1) is 0 Å². The summed E-state index contributed by atoms with van der Waals surface area (Å²) in [6.07, 6.45) is 0. The van der Waals surface area contributed by atoms with E-state index in [0.717, 1.165) is 0 Å². The van der Waals surface area contributed by atoms with E-state index >= 15 is 0 Å². The van der Waals surface area contributed by atoms with Crippen LogP contribution in [0, 0.1) is 0 Å². The molecule has 1 heteroatoms. The van der Waals surface area contributed by atoms with Crippen molar-refractivity contribution in [2.45, 2.75) is 105 Å². The number of hydrogen-bond donors (Lipinski definition) is 0. The van der Waals surface area contributed by atoms with Crippen molar-refractivity contribution < 1.29 is 0 Å². The largest absolute Gasteiger partial charge is 2.00 e. The van der Waals surface area contributed by atoms with Gasteiger partial charge in [0.2, 0.25) is 0 Å². The minimum absolute atomic E-state index is 0. The molecule has 0 radical (unpaired) electrons. The first-order chi connectivity index (χ1) is 11.4. The van der Waals surface area contributed by atoms with Crippen molar-refractivity contribution in [2.24, 2.45) is 0 Å². The van der Waals surface area contributed by atoms with Gasteiger partial charge in [0.15, 0.2) is 0 Å². The van der Waals surface area contributed by atoms with Crippen LogP contribution in [0.3, 0.4) is 0 Å². The summed E-state index contributed by atoms with van der Waals surface area (Å²) in [5.74, 6) is 0. The van der Waals surface area contributed by atoms with Gasteiger partial charge in [-0.2, -0.15) is 46.5 Å². The minimum Gasteiger partial charge on any atom is -0.210 e. The molecule has 148 valence electrons. The van der Waals surface area contributed by atoms with E-state index in [1.165, 1.54) is 22.3 Å². The first-order valence-corrected chi connectivity index (χ1v) is 9.98. The summed E-state index contributed by atoms with van der Waals surface area (Å²) < 4.78 is 0. The molecular weight excluding hydrogens is 337 g/mol. The van der Waals surface area contributed by atoms with Crippen molar-refractivity contribution in [3.8, 4) is 0 Å². The minimum atomic E-state index is 0. The summed E-state index contributed by atoms with van der Waals surface area (Å²) in [4.78, 5) is 0. The van der Waals surface area contributed by atoms with Crippen molar-refractivity contribution in [1.29, 1.82) is 0 Å². The Kier molecular flexibility index (Phi) is 8.69. The molecule has 0 fully saturated rings. The molecule has 27 heavy (non-hydrogen) atoms. The van der Waals surface area contributed by atoms with Gasteiger partial charge in [0.1, 0.15) is 0 Å². The maximum atomic E-state index is 2.33. The standard InChI is InChI=1S/2C13H21.Mg/c2*1-12(2,3)10-7-8-11(9-10)13(4,5)6;/h2*7-9H,1-6H3;/q2*-1;+2. The molecule has 0 saturated heterocycles. The second kappa shape index (κ2) is 8.87.